The van der Waals surface area contributed by atoms with Gasteiger partial charge in [-0.25, -0.2) is 0 Å². The summed E-state index contributed by atoms with van der Waals surface area (Å²) in [6, 6.07) is 7.40. The molecule has 130 valence electrons. The van der Waals surface area contributed by atoms with Crippen LogP contribution in [0.5, 0.6) is 0 Å². The Hall–Kier alpha value is -2.57. The minimum absolute atomic E-state index is 0.0113. The lowest BCUT2D eigenvalue weighted by Gasteiger charge is -2.38. The van der Waals surface area contributed by atoms with E-state index in [1.165, 1.54) is 0 Å². The molecule has 0 unspecified atom stereocenters. The first kappa shape index (κ1) is 17.8. The smallest absolute Gasteiger partial charge is 0.307 e. The normalized spacial score (nSPS) is 23.4. The van der Waals surface area contributed by atoms with Crippen LogP contribution in [-0.2, 0) is 21.4 Å². The van der Waals surface area contributed by atoms with E-state index in [4.69, 9.17) is 16.6 Å². The summed E-state index contributed by atoms with van der Waals surface area (Å²) in [7, 11) is 0. The molecule has 1 aliphatic rings. The second-order valence-electron chi connectivity index (χ2n) is 6.40. The van der Waals surface area contributed by atoms with Crippen molar-refractivity contribution in [1.82, 2.24) is 0 Å². The summed E-state index contributed by atoms with van der Waals surface area (Å²) in [4.78, 5) is 26.2. The number of nitrogens with two attached hydrogens (primary N) is 2. The number of carbonyl (C=O) groups is 2. The van der Waals surface area contributed by atoms with Gasteiger partial charge in [0.2, 0.25) is 0 Å². The van der Waals surface area contributed by atoms with Gasteiger partial charge in [-0.3, -0.25) is 14.6 Å². The molecular formula is C17H23N3O4. The van der Waals surface area contributed by atoms with Gasteiger partial charge in [0.1, 0.15) is 0 Å². The SMILES string of the molecule is NC(N)=NCC1(c2ccc(CC(=O)O)cc2)CCC(C(=O)O)CC1. The van der Waals surface area contributed by atoms with Gasteiger partial charge in [0.05, 0.1) is 18.9 Å². The standard InChI is InChI=1S/C17H23N3O4/c18-16(19)20-10-17(7-5-12(6-8-17)15(23)24)13-3-1-11(2-4-13)9-14(21)22/h1-4,12H,5-10H2,(H,21,22)(H,23,24)(H4,18,19,20). The molecule has 1 aromatic carbocycles. The van der Waals surface area contributed by atoms with Gasteiger partial charge in [-0.05, 0) is 36.8 Å². The molecule has 7 heteroatoms. The Bertz CT molecular complexity index is 628. The van der Waals surface area contributed by atoms with Crippen LogP contribution in [0.3, 0.4) is 0 Å². The van der Waals surface area contributed by atoms with E-state index in [1.54, 1.807) is 12.1 Å². The van der Waals surface area contributed by atoms with Crippen LogP contribution in [-0.4, -0.2) is 34.7 Å². The number of aliphatic carboxylic acids is 2. The van der Waals surface area contributed by atoms with E-state index < -0.39 is 11.9 Å². The molecule has 0 atom stereocenters. The number of carboxylic acids is 2. The van der Waals surface area contributed by atoms with Crippen LogP contribution in [0, 0.1) is 5.92 Å². The van der Waals surface area contributed by atoms with E-state index in [-0.39, 0.29) is 23.7 Å². The summed E-state index contributed by atoms with van der Waals surface area (Å²) in [6.07, 6.45) is 2.48. The molecule has 6 N–H and O–H groups in total. The molecule has 0 spiro atoms. The topological polar surface area (TPSA) is 139 Å². The second-order valence-corrected chi connectivity index (χ2v) is 6.40. The van der Waals surface area contributed by atoms with E-state index in [9.17, 15) is 14.7 Å². The van der Waals surface area contributed by atoms with Crippen LogP contribution < -0.4 is 11.5 Å². The third-order valence-corrected chi connectivity index (χ3v) is 4.78. The van der Waals surface area contributed by atoms with Gasteiger partial charge in [-0.15, -0.1) is 0 Å². The molecule has 24 heavy (non-hydrogen) atoms. The lowest BCUT2D eigenvalue weighted by molar-refractivity contribution is -0.143. The molecule has 0 aromatic heterocycles. The van der Waals surface area contributed by atoms with Crippen molar-refractivity contribution in [3.05, 3.63) is 35.4 Å². The Morgan fingerprint density at radius 2 is 1.71 bits per heavy atom. The number of hydrogen-bond donors (Lipinski definition) is 4. The fourth-order valence-corrected chi connectivity index (χ4v) is 3.35. The lowest BCUT2D eigenvalue weighted by Crippen LogP contribution is -2.38. The number of nitrogens with zero attached hydrogens (tertiary/aromatic N) is 1. The molecular weight excluding hydrogens is 310 g/mol. The molecule has 0 heterocycles. The summed E-state index contributed by atoms with van der Waals surface area (Å²) in [5.74, 6) is -1.96. The Balaban J connectivity index is 2.24. The summed E-state index contributed by atoms with van der Waals surface area (Å²) in [6.45, 7) is 0.403. The number of hydrogen-bond acceptors (Lipinski definition) is 3. The highest BCUT2D eigenvalue weighted by Crippen LogP contribution is 2.42. The first-order valence-corrected chi connectivity index (χ1v) is 7.92. The minimum Gasteiger partial charge on any atom is -0.481 e. The summed E-state index contributed by atoms with van der Waals surface area (Å²) in [5, 5.41) is 18.1. The van der Waals surface area contributed by atoms with Crippen LogP contribution in [0.4, 0.5) is 0 Å². The number of aliphatic imine (C=N–C) groups is 1. The minimum atomic E-state index is -0.875. The fourth-order valence-electron chi connectivity index (χ4n) is 3.35. The molecule has 1 saturated carbocycles. The van der Waals surface area contributed by atoms with Crippen molar-refractivity contribution in [3.63, 3.8) is 0 Å². The highest BCUT2D eigenvalue weighted by molar-refractivity contribution is 5.75. The average molecular weight is 333 g/mol. The monoisotopic (exact) mass is 333 g/mol. The molecule has 1 fully saturated rings. The molecule has 0 amide bonds. The molecule has 0 aliphatic heterocycles. The van der Waals surface area contributed by atoms with Crippen molar-refractivity contribution in [2.24, 2.45) is 22.4 Å². The third-order valence-electron chi connectivity index (χ3n) is 4.78. The Morgan fingerprint density at radius 1 is 1.12 bits per heavy atom. The molecule has 1 aromatic rings. The van der Waals surface area contributed by atoms with Gasteiger partial charge < -0.3 is 21.7 Å². The zero-order chi connectivity index (χ0) is 17.7. The predicted octanol–water partition coefficient (Wildman–Crippen LogP) is 1.10. The maximum Gasteiger partial charge on any atom is 0.307 e. The largest absolute Gasteiger partial charge is 0.481 e. The van der Waals surface area contributed by atoms with Crippen LogP contribution in [0.25, 0.3) is 0 Å². The van der Waals surface area contributed by atoms with Crippen molar-refractivity contribution >= 4 is 17.9 Å². The highest BCUT2D eigenvalue weighted by Gasteiger charge is 2.38. The van der Waals surface area contributed by atoms with E-state index >= 15 is 0 Å². The summed E-state index contributed by atoms with van der Waals surface area (Å²) < 4.78 is 0. The quantitative estimate of drug-likeness (QED) is 0.454. The Kier molecular flexibility index (Phi) is 5.43. The van der Waals surface area contributed by atoms with Crippen LogP contribution >= 0.6 is 0 Å². The zero-order valence-corrected chi connectivity index (χ0v) is 13.4. The third kappa shape index (κ3) is 4.24. The van der Waals surface area contributed by atoms with Crippen molar-refractivity contribution in [1.29, 1.82) is 0 Å². The lowest BCUT2D eigenvalue weighted by atomic mass is 9.66. The molecule has 1 aliphatic carbocycles. The van der Waals surface area contributed by atoms with Crippen molar-refractivity contribution in [2.75, 3.05) is 6.54 Å². The molecule has 0 radical (unpaired) electrons. The number of benzene rings is 1. The predicted molar refractivity (Wildman–Crippen MR) is 89.7 cm³/mol. The summed E-state index contributed by atoms with van der Waals surface area (Å²) >= 11 is 0. The van der Waals surface area contributed by atoms with Crippen molar-refractivity contribution < 1.29 is 19.8 Å². The van der Waals surface area contributed by atoms with E-state index in [0.717, 1.165) is 11.1 Å². The van der Waals surface area contributed by atoms with Gasteiger partial charge in [0.25, 0.3) is 0 Å². The van der Waals surface area contributed by atoms with E-state index in [1.807, 2.05) is 12.1 Å². The van der Waals surface area contributed by atoms with Crippen molar-refractivity contribution in [2.45, 2.75) is 37.5 Å². The molecule has 2 rings (SSSR count). The van der Waals surface area contributed by atoms with Gasteiger partial charge in [0.15, 0.2) is 5.96 Å². The zero-order valence-electron chi connectivity index (χ0n) is 13.4. The molecule has 7 nitrogen and oxygen atoms in total. The fraction of sp³-hybridized carbons (Fsp3) is 0.471. The van der Waals surface area contributed by atoms with Crippen LogP contribution in [0.2, 0.25) is 0 Å². The first-order chi connectivity index (χ1) is 11.3. The first-order valence-electron chi connectivity index (χ1n) is 7.92. The van der Waals surface area contributed by atoms with Crippen LogP contribution in [0.1, 0.15) is 36.8 Å². The van der Waals surface area contributed by atoms with E-state index in [0.29, 0.717) is 32.2 Å². The second kappa shape index (κ2) is 7.33. The van der Waals surface area contributed by atoms with Crippen molar-refractivity contribution in [3.8, 4) is 0 Å². The summed E-state index contributed by atoms with van der Waals surface area (Å²) in [5.41, 5.74) is 12.4. The Morgan fingerprint density at radius 3 is 2.17 bits per heavy atom. The van der Waals surface area contributed by atoms with Gasteiger partial charge in [0, 0.05) is 5.41 Å². The molecule has 0 bridgehead atoms. The maximum atomic E-state index is 11.2. The Labute approximate surface area is 140 Å². The van der Waals surface area contributed by atoms with Gasteiger partial charge >= 0.3 is 11.9 Å². The average Bonchev–Trinajstić information content (AvgIpc) is 2.53. The number of rotatable bonds is 6. The van der Waals surface area contributed by atoms with Crippen LogP contribution in [0.15, 0.2) is 29.3 Å². The number of carboxylic acid groups (broad SMARTS) is 2. The highest BCUT2D eigenvalue weighted by atomic mass is 16.4. The number of guanidine groups is 1. The molecule has 0 saturated heterocycles. The van der Waals surface area contributed by atoms with Gasteiger partial charge in [-0.2, -0.15) is 0 Å². The van der Waals surface area contributed by atoms with E-state index in [2.05, 4.69) is 4.99 Å². The maximum absolute atomic E-state index is 11.2. The van der Waals surface area contributed by atoms with Gasteiger partial charge in [-0.1, -0.05) is 24.3 Å².